The van der Waals surface area contributed by atoms with Crippen LogP contribution >= 0.6 is 0 Å². The van der Waals surface area contributed by atoms with Crippen molar-refractivity contribution in [2.24, 2.45) is 0 Å². The molecule has 13 heteroatoms. The van der Waals surface area contributed by atoms with Gasteiger partial charge in [-0.2, -0.15) is 0 Å². The predicted octanol–water partition coefficient (Wildman–Crippen LogP) is 2.55. The van der Waals surface area contributed by atoms with E-state index in [1.807, 2.05) is 20.8 Å². The Hall–Kier alpha value is -3.84. The zero-order valence-corrected chi connectivity index (χ0v) is 22.5. The Kier molecular flexibility index (Phi) is 8.60. The fourth-order valence-corrected chi connectivity index (χ4v) is 4.07. The maximum atomic E-state index is 14.1. The number of nitrogens with zero attached hydrogens (tertiary/aromatic N) is 5. The lowest BCUT2D eigenvalue weighted by atomic mass is 10.2. The van der Waals surface area contributed by atoms with Crippen LogP contribution in [0, 0.1) is 12.7 Å². The molecule has 0 radical (unpaired) electrons. The first-order valence-electron chi connectivity index (χ1n) is 12.8. The molecule has 2 saturated heterocycles. The summed E-state index contributed by atoms with van der Waals surface area (Å²) in [7, 11) is 0. The smallest absolute Gasteiger partial charge is 0.410 e. The fourth-order valence-electron chi connectivity index (χ4n) is 4.07. The van der Waals surface area contributed by atoms with E-state index in [2.05, 4.69) is 25.6 Å². The number of hydrogen-bond donors (Lipinski definition) is 3. The van der Waals surface area contributed by atoms with Gasteiger partial charge in [-0.05, 0) is 47.1 Å². The maximum Gasteiger partial charge on any atom is 0.410 e. The van der Waals surface area contributed by atoms with Crippen LogP contribution in [0.2, 0.25) is 0 Å². The van der Waals surface area contributed by atoms with Crippen LogP contribution in [-0.2, 0) is 4.74 Å². The average Bonchev–Trinajstić information content (AvgIpc) is 3.60. The molecule has 2 aliphatic rings. The van der Waals surface area contributed by atoms with Gasteiger partial charge in [0.15, 0.2) is 11.5 Å². The molecule has 39 heavy (non-hydrogen) atoms. The normalized spacial score (nSPS) is 19.0. The molecule has 0 aromatic carbocycles. The summed E-state index contributed by atoms with van der Waals surface area (Å²) in [6.07, 6.45) is 6.94. The van der Waals surface area contributed by atoms with Crippen molar-refractivity contribution in [3.8, 4) is 5.88 Å². The summed E-state index contributed by atoms with van der Waals surface area (Å²) in [4.78, 5) is 37.5. The summed E-state index contributed by atoms with van der Waals surface area (Å²) < 4.78 is 26.4. The summed E-state index contributed by atoms with van der Waals surface area (Å²) in [5.74, 6) is -0.630. The van der Waals surface area contributed by atoms with Crippen LogP contribution in [0.5, 0.6) is 5.88 Å². The SMILES string of the molecule is CC(C)(C)OC(=O)N1CC[C@H](O)C1.Cc1cn2cc(NC(=O)c3cnc(O[C@H]4CCNC4)cn3)cc(F)c2n1. The number of fused-ring (bicyclic) bond motifs is 1. The average molecular weight is 544 g/mol. The van der Waals surface area contributed by atoms with Gasteiger partial charge >= 0.3 is 6.09 Å². The molecule has 0 bridgehead atoms. The van der Waals surface area contributed by atoms with Crippen LogP contribution in [0.1, 0.15) is 49.8 Å². The van der Waals surface area contributed by atoms with Gasteiger partial charge in [-0.1, -0.05) is 0 Å². The molecule has 3 aromatic rings. The molecule has 5 rings (SSSR count). The summed E-state index contributed by atoms with van der Waals surface area (Å²) in [5, 5.41) is 15.0. The molecule has 2 amide bonds. The number of anilines is 1. The van der Waals surface area contributed by atoms with E-state index in [0.717, 1.165) is 19.5 Å². The summed E-state index contributed by atoms with van der Waals surface area (Å²) in [6, 6.07) is 1.22. The van der Waals surface area contributed by atoms with E-state index in [1.54, 1.807) is 19.3 Å². The van der Waals surface area contributed by atoms with Crippen molar-refractivity contribution < 1.29 is 28.6 Å². The highest BCUT2D eigenvalue weighted by Gasteiger charge is 2.28. The second-order valence-corrected chi connectivity index (χ2v) is 10.5. The van der Waals surface area contributed by atoms with Crippen molar-refractivity contribution in [2.45, 2.75) is 58.3 Å². The minimum atomic E-state index is -0.518. The van der Waals surface area contributed by atoms with Gasteiger partial charge < -0.3 is 34.5 Å². The van der Waals surface area contributed by atoms with Gasteiger partial charge in [-0.15, -0.1) is 0 Å². The number of aliphatic hydroxyl groups excluding tert-OH is 1. The Labute approximate surface area is 225 Å². The van der Waals surface area contributed by atoms with Crippen LogP contribution in [0.4, 0.5) is 14.9 Å². The highest BCUT2D eigenvalue weighted by atomic mass is 19.1. The molecular formula is C26H34FN7O5. The van der Waals surface area contributed by atoms with Gasteiger partial charge in [0.05, 0.1) is 29.9 Å². The van der Waals surface area contributed by atoms with Crippen molar-refractivity contribution in [3.63, 3.8) is 0 Å². The number of carbonyl (C=O) groups is 2. The number of rotatable bonds is 4. The van der Waals surface area contributed by atoms with Crippen molar-refractivity contribution in [3.05, 3.63) is 48.1 Å². The second kappa shape index (κ2) is 11.9. The van der Waals surface area contributed by atoms with Crippen LogP contribution in [0.15, 0.2) is 30.9 Å². The van der Waals surface area contributed by atoms with Crippen LogP contribution in [-0.4, -0.2) is 85.3 Å². The number of halogens is 1. The quantitative estimate of drug-likeness (QED) is 0.452. The molecule has 5 heterocycles. The third kappa shape index (κ3) is 7.83. The molecular weight excluding hydrogens is 509 g/mol. The third-order valence-corrected chi connectivity index (χ3v) is 5.86. The molecule has 0 unspecified atom stereocenters. The maximum absolute atomic E-state index is 14.1. The van der Waals surface area contributed by atoms with Crippen molar-refractivity contribution in [2.75, 3.05) is 31.5 Å². The predicted molar refractivity (Wildman–Crippen MR) is 140 cm³/mol. The summed E-state index contributed by atoms with van der Waals surface area (Å²) in [6.45, 7) is 9.93. The first kappa shape index (κ1) is 28.2. The Balaban J connectivity index is 0.000000229. The summed E-state index contributed by atoms with van der Waals surface area (Å²) >= 11 is 0. The Morgan fingerprint density at radius 3 is 2.62 bits per heavy atom. The molecule has 2 fully saturated rings. The lowest BCUT2D eigenvalue weighted by molar-refractivity contribution is 0.0270. The van der Waals surface area contributed by atoms with Gasteiger partial charge in [-0.25, -0.2) is 24.1 Å². The van der Waals surface area contributed by atoms with E-state index >= 15 is 0 Å². The van der Waals surface area contributed by atoms with Crippen molar-refractivity contribution in [1.82, 2.24) is 29.6 Å². The highest BCUT2D eigenvalue weighted by molar-refractivity contribution is 6.02. The van der Waals surface area contributed by atoms with Crippen molar-refractivity contribution in [1.29, 1.82) is 0 Å². The number of pyridine rings is 1. The lowest BCUT2D eigenvalue weighted by Gasteiger charge is -2.24. The molecule has 210 valence electrons. The van der Waals surface area contributed by atoms with Gasteiger partial charge in [0.1, 0.15) is 17.4 Å². The molecule has 0 spiro atoms. The number of imidazole rings is 1. The lowest BCUT2D eigenvalue weighted by Crippen LogP contribution is -2.35. The standard InChI is InChI=1S/C17H17FN6O2.C9H17NO3/c1-10-8-24-9-11(4-13(18)16(24)22-10)23-17(25)14-6-21-15(7-20-14)26-12-2-3-19-5-12;1-9(2,3)13-8(12)10-5-4-7(11)6-10/h4,6-9,12,19H,2-3,5H2,1H3,(H,23,25);7,11H,4-6H2,1-3H3/t12-;7-/m00/s1. The molecule has 3 N–H and O–H groups in total. The first-order valence-corrected chi connectivity index (χ1v) is 12.8. The van der Waals surface area contributed by atoms with Gasteiger partial charge in [-0.3, -0.25) is 4.79 Å². The van der Waals surface area contributed by atoms with Gasteiger partial charge in [0.2, 0.25) is 5.88 Å². The Morgan fingerprint density at radius 1 is 1.21 bits per heavy atom. The first-order chi connectivity index (χ1) is 18.5. The Bertz CT molecular complexity index is 1300. The third-order valence-electron chi connectivity index (χ3n) is 5.86. The van der Waals surface area contributed by atoms with E-state index in [1.165, 1.54) is 27.8 Å². The fraction of sp³-hybridized carbons (Fsp3) is 0.500. The Morgan fingerprint density at radius 2 is 2.00 bits per heavy atom. The number of aromatic nitrogens is 4. The summed E-state index contributed by atoms with van der Waals surface area (Å²) in [5.41, 5.74) is 0.861. The monoisotopic (exact) mass is 543 g/mol. The zero-order chi connectivity index (χ0) is 28.2. The number of hydrogen-bond acceptors (Lipinski definition) is 9. The minimum Gasteiger partial charge on any atom is -0.472 e. The minimum absolute atomic E-state index is 0.0670. The topological polar surface area (TPSA) is 143 Å². The number of carbonyl (C=O) groups excluding carboxylic acids is 2. The number of likely N-dealkylation sites (tertiary alicyclic amines) is 1. The van der Waals surface area contributed by atoms with E-state index < -0.39 is 17.3 Å². The van der Waals surface area contributed by atoms with Crippen LogP contribution in [0.3, 0.4) is 0 Å². The number of β-amino-alcohol motifs (C(OH)–C–C–N with tert-alkyl or cyclic N) is 1. The molecule has 0 saturated carbocycles. The number of ether oxygens (including phenoxy) is 2. The zero-order valence-electron chi connectivity index (χ0n) is 22.5. The van der Waals surface area contributed by atoms with E-state index in [0.29, 0.717) is 36.8 Å². The highest BCUT2D eigenvalue weighted by Crippen LogP contribution is 2.18. The van der Waals surface area contributed by atoms with Crippen LogP contribution in [0.25, 0.3) is 5.65 Å². The molecule has 0 aliphatic carbocycles. The number of nitrogens with one attached hydrogen (secondary N) is 2. The van der Waals surface area contributed by atoms with Gasteiger partial charge in [0, 0.05) is 38.1 Å². The number of aliphatic hydroxyl groups is 1. The van der Waals surface area contributed by atoms with E-state index in [9.17, 15) is 19.1 Å². The number of aryl methyl sites for hydroxylation is 1. The van der Waals surface area contributed by atoms with Gasteiger partial charge in [0.25, 0.3) is 5.91 Å². The molecule has 2 aliphatic heterocycles. The molecule has 12 nitrogen and oxygen atoms in total. The largest absolute Gasteiger partial charge is 0.472 e. The second-order valence-electron chi connectivity index (χ2n) is 10.5. The van der Waals surface area contributed by atoms with E-state index in [4.69, 9.17) is 9.47 Å². The molecule has 3 aromatic heterocycles. The molecule has 2 atom stereocenters. The van der Waals surface area contributed by atoms with Crippen LogP contribution < -0.4 is 15.4 Å². The van der Waals surface area contributed by atoms with Crippen molar-refractivity contribution >= 4 is 23.3 Å². The van der Waals surface area contributed by atoms with E-state index in [-0.39, 0.29) is 29.6 Å². The number of amides is 2.